The molecule has 3 heteroatoms. The number of nitrogens with zero attached hydrogens (tertiary/aromatic N) is 1. The predicted molar refractivity (Wildman–Crippen MR) is 77.3 cm³/mol. The smallest absolute Gasteiger partial charge is 0.227 e. The van der Waals surface area contributed by atoms with Gasteiger partial charge in [0, 0.05) is 24.0 Å². The molecule has 0 aliphatic rings. The van der Waals surface area contributed by atoms with Crippen molar-refractivity contribution in [1.82, 2.24) is 4.90 Å². The normalized spacial score (nSPS) is 10.9. The fraction of sp³-hybridized carbons (Fsp3) is 0.438. The molecule has 2 aromatic rings. The number of hydrogen-bond acceptors (Lipinski definition) is 2. The second kappa shape index (κ2) is 5.47. The minimum atomic E-state index is 0.158. The Morgan fingerprint density at radius 2 is 1.79 bits per heavy atom. The van der Waals surface area contributed by atoms with Crippen LogP contribution in [0.3, 0.4) is 0 Å². The molecule has 0 radical (unpaired) electrons. The average Bonchev–Trinajstić information content (AvgIpc) is 2.74. The van der Waals surface area contributed by atoms with E-state index < -0.39 is 0 Å². The predicted octanol–water partition coefficient (Wildman–Crippen LogP) is 3.46. The van der Waals surface area contributed by atoms with Gasteiger partial charge in [-0.25, -0.2) is 0 Å². The van der Waals surface area contributed by atoms with Crippen LogP contribution >= 0.6 is 0 Å². The molecule has 0 atom stereocenters. The van der Waals surface area contributed by atoms with Crippen LogP contribution in [0.2, 0.25) is 0 Å². The molecule has 1 amide bonds. The van der Waals surface area contributed by atoms with Gasteiger partial charge in [-0.15, -0.1) is 0 Å². The topological polar surface area (TPSA) is 33.5 Å². The van der Waals surface area contributed by atoms with Crippen LogP contribution in [0, 0.1) is 13.8 Å². The molecule has 0 bridgehead atoms. The van der Waals surface area contributed by atoms with Crippen LogP contribution in [0.1, 0.15) is 30.5 Å². The number of amides is 1. The third-order valence-corrected chi connectivity index (χ3v) is 3.73. The van der Waals surface area contributed by atoms with Crippen LogP contribution in [0.15, 0.2) is 22.8 Å². The lowest BCUT2D eigenvalue weighted by Gasteiger charge is -2.18. The van der Waals surface area contributed by atoms with Crippen LogP contribution < -0.4 is 0 Å². The first-order chi connectivity index (χ1) is 9.06. The summed E-state index contributed by atoms with van der Waals surface area (Å²) < 4.78 is 5.56. The number of carbonyl (C=O) groups is 1. The van der Waals surface area contributed by atoms with E-state index >= 15 is 0 Å². The Bertz CT molecular complexity index is 594. The summed E-state index contributed by atoms with van der Waals surface area (Å²) in [7, 11) is 0. The van der Waals surface area contributed by atoms with Gasteiger partial charge < -0.3 is 9.32 Å². The summed E-state index contributed by atoms with van der Waals surface area (Å²) in [4.78, 5) is 14.0. The molecule has 0 aliphatic carbocycles. The van der Waals surface area contributed by atoms with E-state index in [-0.39, 0.29) is 5.91 Å². The van der Waals surface area contributed by atoms with E-state index in [2.05, 4.69) is 19.9 Å². The number of rotatable bonds is 4. The van der Waals surface area contributed by atoms with Crippen LogP contribution in [-0.2, 0) is 11.2 Å². The molecule has 0 N–H and O–H groups in total. The molecule has 0 aliphatic heterocycles. The van der Waals surface area contributed by atoms with Crippen molar-refractivity contribution in [3.05, 3.63) is 35.1 Å². The Morgan fingerprint density at radius 1 is 1.16 bits per heavy atom. The second-order valence-corrected chi connectivity index (χ2v) is 4.94. The Labute approximate surface area is 114 Å². The summed E-state index contributed by atoms with van der Waals surface area (Å²) >= 11 is 0. The zero-order valence-electron chi connectivity index (χ0n) is 12.1. The van der Waals surface area contributed by atoms with Gasteiger partial charge in [0.1, 0.15) is 5.58 Å². The van der Waals surface area contributed by atoms with Crippen molar-refractivity contribution in [3.8, 4) is 0 Å². The molecule has 2 rings (SSSR count). The van der Waals surface area contributed by atoms with E-state index in [1.807, 2.05) is 24.8 Å². The highest BCUT2D eigenvalue weighted by Gasteiger charge is 2.15. The molecule has 1 heterocycles. The number of likely N-dealkylation sites (N-methyl/N-ethyl adjacent to an activating group) is 1. The maximum Gasteiger partial charge on any atom is 0.227 e. The van der Waals surface area contributed by atoms with Crippen molar-refractivity contribution in [2.45, 2.75) is 34.1 Å². The van der Waals surface area contributed by atoms with Crippen molar-refractivity contribution in [3.63, 3.8) is 0 Å². The van der Waals surface area contributed by atoms with E-state index in [1.165, 1.54) is 11.1 Å². The Kier molecular flexibility index (Phi) is 3.93. The zero-order valence-corrected chi connectivity index (χ0v) is 12.1. The Balaban J connectivity index is 2.31. The molecule has 1 aromatic carbocycles. The second-order valence-electron chi connectivity index (χ2n) is 4.94. The minimum Gasteiger partial charge on any atom is -0.464 e. The number of fused-ring (bicyclic) bond motifs is 1. The molecule has 0 saturated heterocycles. The molecule has 1 aromatic heterocycles. The Morgan fingerprint density at radius 3 is 2.42 bits per heavy atom. The number of aryl methyl sites for hydroxylation is 2. The highest BCUT2D eigenvalue weighted by atomic mass is 16.3. The number of hydrogen-bond donors (Lipinski definition) is 0. The van der Waals surface area contributed by atoms with Crippen molar-refractivity contribution >= 4 is 16.9 Å². The fourth-order valence-electron chi connectivity index (χ4n) is 2.32. The quantitative estimate of drug-likeness (QED) is 0.842. The standard InChI is InChI=1S/C16H21NO2/c1-5-17(6-2)16(18)9-13-10-19-15-8-12(4)11(3)7-14(13)15/h7-8,10H,5-6,9H2,1-4H3. The maximum atomic E-state index is 12.2. The minimum absolute atomic E-state index is 0.158. The van der Waals surface area contributed by atoms with E-state index in [9.17, 15) is 4.79 Å². The third kappa shape index (κ3) is 2.65. The first-order valence-electron chi connectivity index (χ1n) is 6.81. The first-order valence-corrected chi connectivity index (χ1v) is 6.81. The van der Waals surface area contributed by atoms with Gasteiger partial charge in [0.2, 0.25) is 5.91 Å². The monoisotopic (exact) mass is 259 g/mol. The van der Waals surface area contributed by atoms with Gasteiger partial charge in [-0.3, -0.25) is 4.79 Å². The molecule has 0 saturated carbocycles. The highest BCUT2D eigenvalue weighted by Crippen LogP contribution is 2.25. The van der Waals surface area contributed by atoms with Gasteiger partial charge in [-0.1, -0.05) is 0 Å². The average molecular weight is 259 g/mol. The molecular formula is C16H21NO2. The molecule has 19 heavy (non-hydrogen) atoms. The summed E-state index contributed by atoms with van der Waals surface area (Å²) in [6.07, 6.45) is 2.13. The number of carbonyl (C=O) groups excluding carboxylic acids is 1. The molecular weight excluding hydrogens is 238 g/mol. The van der Waals surface area contributed by atoms with Crippen LogP contribution in [0.25, 0.3) is 11.0 Å². The largest absolute Gasteiger partial charge is 0.464 e. The van der Waals surface area contributed by atoms with E-state index in [0.717, 1.165) is 29.6 Å². The van der Waals surface area contributed by atoms with Gasteiger partial charge in [0.25, 0.3) is 0 Å². The maximum absolute atomic E-state index is 12.2. The van der Waals surface area contributed by atoms with E-state index in [4.69, 9.17) is 4.42 Å². The number of furan rings is 1. The Hall–Kier alpha value is -1.77. The summed E-state index contributed by atoms with van der Waals surface area (Å²) in [6, 6.07) is 4.15. The zero-order chi connectivity index (χ0) is 14.0. The van der Waals surface area contributed by atoms with Crippen LogP contribution in [0.5, 0.6) is 0 Å². The molecule has 102 valence electrons. The molecule has 0 spiro atoms. The van der Waals surface area contributed by atoms with E-state index in [1.54, 1.807) is 6.26 Å². The third-order valence-electron chi connectivity index (χ3n) is 3.73. The molecule has 0 fully saturated rings. The summed E-state index contributed by atoms with van der Waals surface area (Å²) in [6.45, 7) is 9.66. The van der Waals surface area contributed by atoms with E-state index in [0.29, 0.717) is 6.42 Å². The lowest BCUT2D eigenvalue weighted by atomic mass is 10.0. The van der Waals surface area contributed by atoms with Gasteiger partial charge >= 0.3 is 0 Å². The SMILES string of the molecule is CCN(CC)C(=O)Cc1coc2cc(C)c(C)cc12. The first kappa shape index (κ1) is 13.7. The fourth-order valence-corrected chi connectivity index (χ4v) is 2.32. The van der Waals surface area contributed by atoms with Crippen molar-refractivity contribution in [2.24, 2.45) is 0 Å². The van der Waals surface area contributed by atoms with Crippen molar-refractivity contribution in [2.75, 3.05) is 13.1 Å². The van der Waals surface area contributed by atoms with Crippen molar-refractivity contribution < 1.29 is 9.21 Å². The van der Waals surface area contributed by atoms with Crippen LogP contribution in [0.4, 0.5) is 0 Å². The van der Waals surface area contributed by atoms with Gasteiger partial charge in [-0.05, 0) is 51.0 Å². The highest BCUT2D eigenvalue weighted by molar-refractivity contribution is 5.88. The van der Waals surface area contributed by atoms with Crippen LogP contribution in [-0.4, -0.2) is 23.9 Å². The van der Waals surface area contributed by atoms with Gasteiger partial charge in [0.15, 0.2) is 0 Å². The lowest BCUT2D eigenvalue weighted by molar-refractivity contribution is -0.130. The van der Waals surface area contributed by atoms with Crippen molar-refractivity contribution in [1.29, 1.82) is 0 Å². The molecule has 3 nitrogen and oxygen atoms in total. The lowest BCUT2D eigenvalue weighted by Crippen LogP contribution is -2.31. The number of benzene rings is 1. The summed E-state index contributed by atoms with van der Waals surface area (Å²) in [5.74, 6) is 0.158. The molecule has 0 unspecified atom stereocenters. The summed E-state index contributed by atoms with van der Waals surface area (Å²) in [5, 5.41) is 1.06. The van der Waals surface area contributed by atoms with Gasteiger partial charge in [0.05, 0.1) is 12.7 Å². The summed E-state index contributed by atoms with van der Waals surface area (Å²) in [5.41, 5.74) is 4.29. The van der Waals surface area contributed by atoms with Gasteiger partial charge in [-0.2, -0.15) is 0 Å².